The molecule has 0 heterocycles. The highest BCUT2D eigenvalue weighted by Crippen LogP contribution is 2.42. The number of amides is 1. The lowest BCUT2D eigenvalue weighted by molar-refractivity contribution is 0.0888. The summed E-state index contributed by atoms with van der Waals surface area (Å²) in [6, 6.07) is 5.69. The second-order valence-electron chi connectivity index (χ2n) is 9.61. The van der Waals surface area contributed by atoms with E-state index in [1.165, 1.54) is 38.5 Å². The zero-order valence-corrected chi connectivity index (χ0v) is 18.0. The lowest BCUT2D eigenvalue weighted by Gasteiger charge is -2.27. The fraction of sp³-hybridized carbons (Fsp3) is 0.680. The number of carbonyl (C=O) groups excluding carboxylic acids is 2. The minimum Gasteiger partial charge on any atom is -0.352 e. The third-order valence-electron chi connectivity index (χ3n) is 7.16. The first kappa shape index (κ1) is 21.1. The van der Waals surface area contributed by atoms with Crippen LogP contribution in [0.3, 0.4) is 0 Å². The van der Waals surface area contributed by atoms with E-state index in [0.717, 1.165) is 43.4 Å². The van der Waals surface area contributed by atoms with Crippen LogP contribution in [0, 0.1) is 17.3 Å². The first-order valence-corrected chi connectivity index (χ1v) is 11.4. The second kappa shape index (κ2) is 9.24. The number of rotatable bonds is 8. The van der Waals surface area contributed by atoms with Gasteiger partial charge in [-0.15, -0.1) is 0 Å². The summed E-state index contributed by atoms with van der Waals surface area (Å²) in [7, 11) is 0. The van der Waals surface area contributed by atoms with Gasteiger partial charge >= 0.3 is 0 Å². The third-order valence-corrected chi connectivity index (χ3v) is 7.16. The number of carbonyl (C=O) groups is 2. The minimum absolute atomic E-state index is 0.000335. The van der Waals surface area contributed by atoms with Crippen molar-refractivity contribution in [3.8, 4) is 0 Å². The van der Waals surface area contributed by atoms with Crippen LogP contribution in [-0.2, 0) is 6.42 Å². The van der Waals surface area contributed by atoms with Crippen molar-refractivity contribution in [2.45, 2.75) is 85.0 Å². The van der Waals surface area contributed by atoms with Crippen molar-refractivity contribution in [3.63, 3.8) is 0 Å². The Morgan fingerprint density at radius 3 is 2.71 bits per heavy atom. The number of ketones is 1. The molecular formula is C25H37NO2. The maximum absolute atomic E-state index is 12.8. The van der Waals surface area contributed by atoms with Gasteiger partial charge in [-0.05, 0) is 61.1 Å². The summed E-state index contributed by atoms with van der Waals surface area (Å²) in [5, 5.41) is 3.14. The molecule has 154 valence electrons. The Kier molecular flexibility index (Phi) is 6.95. The normalized spacial score (nSPS) is 23.5. The number of aryl methyl sites for hydroxylation is 1. The number of hydrogen-bond acceptors (Lipinski definition) is 2. The van der Waals surface area contributed by atoms with Crippen LogP contribution in [0.5, 0.6) is 0 Å². The van der Waals surface area contributed by atoms with E-state index < -0.39 is 0 Å². The van der Waals surface area contributed by atoms with Gasteiger partial charge in [0.25, 0.3) is 5.91 Å². The molecule has 0 aliphatic heterocycles. The average Bonchev–Trinajstić information content (AvgIpc) is 3.02. The van der Waals surface area contributed by atoms with Gasteiger partial charge in [-0.2, -0.15) is 0 Å². The molecule has 0 radical (unpaired) electrons. The molecule has 2 unspecified atom stereocenters. The summed E-state index contributed by atoms with van der Waals surface area (Å²) in [6.07, 6.45) is 11.4. The van der Waals surface area contributed by atoms with Crippen molar-refractivity contribution in [1.29, 1.82) is 0 Å². The first-order valence-electron chi connectivity index (χ1n) is 11.4. The summed E-state index contributed by atoms with van der Waals surface area (Å²) in [4.78, 5) is 25.5. The van der Waals surface area contributed by atoms with Crippen molar-refractivity contribution < 1.29 is 9.59 Å². The highest BCUT2D eigenvalue weighted by molar-refractivity contribution is 6.02. The molecule has 1 aromatic carbocycles. The molecule has 3 rings (SSSR count). The Morgan fingerprint density at radius 1 is 1.18 bits per heavy atom. The van der Waals surface area contributed by atoms with E-state index in [2.05, 4.69) is 26.1 Å². The molecule has 1 N–H and O–H groups in total. The third kappa shape index (κ3) is 4.85. The smallest absolute Gasteiger partial charge is 0.251 e. The fourth-order valence-electron chi connectivity index (χ4n) is 5.05. The van der Waals surface area contributed by atoms with Gasteiger partial charge in [0.2, 0.25) is 0 Å². The zero-order valence-electron chi connectivity index (χ0n) is 18.0. The molecule has 0 spiro atoms. The van der Waals surface area contributed by atoms with Gasteiger partial charge < -0.3 is 5.32 Å². The Bertz CT molecular complexity index is 706. The van der Waals surface area contributed by atoms with E-state index in [0.29, 0.717) is 16.9 Å². The predicted octanol–water partition coefficient (Wildman–Crippen LogP) is 5.96. The number of Topliss-reactive ketones (excluding diaryl/α,β-unsaturated/α-hetero) is 1. The van der Waals surface area contributed by atoms with Crippen molar-refractivity contribution in [2.75, 3.05) is 6.54 Å². The van der Waals surface area contributed by atoms with Gasteiger partial charge in [0.05, 0.1) is 0 Å². The number of hydrogen-bond donors (Lipinski definition) is 1. The quantitative estimate of drug-likeness (QED) is 0.563. The van der Waals surface area contributed by atoms with Crippen LogP contribution < -0.4 is 5.32 Å². The molecule has 1 amide bonds. The minimum atomic E-state index is -0.000335. The van der Waals surface area contributed by atoms with Crippen LogP contribution in [0.15, 0.2) is 18.2 Å². The van der Waals surface area contributed by atoms with Crippen LogP contribution in [0.4, 0.5) is 0 Å². The molecule has 2 atom stereocenters. The van der Waals surface area contributed by atoms with Gasteiger partial charge in [-0.25, -0.2) is 0 Å². The predicted molar refractivity (Wildman–Crippen MR) is 115 cm³/mol. The monoisotopic (exact) mass is 383 g/mol. The van der Waals surface area contributed by atoms with E-state index in [9.17, 15) is 9.59 Å². The van der Waals surface area contributed by atoms with Gasteiger partial charge in [0.15, 0.2) is 5.78 Å². The number of unbranched alkanes of at least 4 members (excludes halogenated alkanes) is 3. The van der Waals surface area contributed by atoms with Gasteiger partial charge in [0, 0.05) is 23.6 Å². The molecule has 2 aliphatic rings. The Balaban J connectivity index is 1.58. The molecule has 0 saturated heterocycles. The van der Waals surface area contributed by atoms with Crippen molar-refractivity contribution in [1.82, 2.24) is 5.32 Å². The van der Waals surface area contributed by atoms with Gasteiger partial charge in [-0.3, -0.25) is 9.59 Å². The average molecular weight is 384 g/mol. The summed E-state index contributed by atoms with van der Waals surface area (Å²) in [5.74, 6) is 1.02. The molecular weight excluding hydrogens is 346 g/mol. The Morgan fingerprint density at radius 2 is 2.00 bits per heavy atom. The van der Waals surface area contributed by atoms with E-state index in [-0.39, 0.29) is 17.6 Å². The second-order valence-corrected chi connectivity index (χ2v) is 9.61. The highest BCUT2D eigenvalue weighted by atomic mass is 16.1. The van der Waals surface area contributed by atoms with Crippen molar-refractivity contribution in [2.24, 2.45) is 17.3 Å². The molecule has 1 fully saturated rings. The molecule has 3 heteroatoms. The van der Waals surface area contributed by atoms with E-state index in [1.54, 1.807) is 0 Å². The Hall–Kier alpha value is -1.64. The van der Waals surface area contributed by atoms with Crippen LogP contribution in [-0.4, -0.2) is 18.2 Å². The van der Waals surface area contributed by atoms with Gasteiger partial charge in [0.1, 0.15) is 0 Å². The summed E-state index contributed by atoms with van der Waals surface area (Å²) >= 11 is 0. The van der Waals surface area contributed by atoms with Crippen molar-refractivity contribution >= 4 is 11.7 Å². The van der Waals surface area contributed by atoms with Gasteiger partial charge in [-0.1, -0.05) is 58.9 Å². The maximum atomic E-state index is 12.8. The lowest BCUT2D eigenvalue weighted by Crippen LogP contribution is -2.34. The largest absolute Gasteiger partial charge is 0.352 e. The Labute approximate surface area is 170 Å². The molecule has 0 bridgehead atoms. The molecule has 28 heavy (non-hydrogen) atoms. The molecule has 1 aromatic rings. The molecule has 2 aliphatic carbocycles. The standard InChI is InChI=1S/C25H37NO2/c1-4-5-6-7-9-18-11-12-19-16-20(13-14-22(19)23(18)27)24(28)26-17-21-10-8-15-25(21,2)3/h13-14,16,18,21H,4-12,15,17H2,1-3H3,(H,26,28). The number of benzene rings is 1. The summed E-state index contributed by atoms with van der Waals surface area (Å²) in [5.41, 5.74) is 2.93. The topological polar surface area (TPSA) is 46.2 Å². The summed E-state index contributed by atoms with van der Waals surface area (Å²) < 4.78 is 0. The van der Waals surface area contributed by atoms with Crippen LogP contribution in [0.2, 0.25) is 0 Å². The molecule has 3 nitrogen and oxygen atoms in total. The first-order chi connectivity index (χ1) is 13.4. The summed E-state index contributed by atoms with van der Waals surface area (Å²) in [6.45, 7) is 7.58. The molecule has 1 saturated carbocycles. The van der Waals surface area contributed by atoms with Crippen molar-refractivity contribution in [3.05, 3.63) is 34.9 Å². The SMILES string of the molecule is CCCCCCC1CCc2cc(C(=O)NCC3CCCC3(C)C)ccc2C1=O. The number of nitrogens with one attached hydrogen (secondary N) is 1. The van der Waals surface area contributed by atoms with E-state index >= 15 is 0 Å². The van der Waals surface area contributed by atoms with E-state index in [4.69, 9.17) is 0 Å². The fourth-order valence-corrected chi connectivity index (χ4v) is 5.05. The number of fused-ring (bicyclic) bond motifs is 1. The zero-order chi connectivity index (χ0) is 20.1. The van der Waals surface area contributed by atoms with E-state index in [1.807, 2.05) is 18.2 Å². The van der Waals surface area contributed by atoms with Crippen LogP contribution in [0.1, 0.15) is 105 Å². The van der Waals surface area contributed by atoms with Crippen LogP contribution >= 0.6 is 0 Å². The highest BCUT2D eigenvalue weighted by Gasteiger charge is 2.34. The van der Waals surface area contributed by atoms with Crippen LogP contribution in [0.25, 0.3) is 0 Å². The maximum Gasteiger partial charge on any atom is 0.251 e. The molecule has 0 aromatic heterocycles. The lowest BCUT2D eigenvalue weighted by atomic mass is 9.79.